The number of hydrogen-bond acceptors (Lipinski definition) is 1. The summed E-state index contributed by atoms with van der Waals surface area (Å²) in [4.78, 5) is 12.3. The Labute approximate surface area is 118 Å². The summed E-state index contributed by atoms with van der Waals surface area (Å²) < 4.78 is 13.9. The molecule has 2 rings (SSSR count). The van der Waals surface area contributed by atoms with Crippen molar-refractivity contribution >= 4 is 33.3 Å². The number of rotatable bonds is 2. The third kappa shape index (κ3) is 2.79. The molecule has 0 saturated heterocycles. The van der Waals surface area contributed by atoms with Gasteiger partial charge in [0.1, 0.15) is 5.82 Å². The number of carbonyl (C=O) groups excluding carboxylic acids is 1. The highest BCUT2D eigenvalue weighted by Crippen LogP contribution is 2.24. The highest BCUT2D eigenvalue weighted by atomic mass is 79.9. The van der Waals surface area contributed by atoms with E-state index < -0.39 is 5.82 Å². The summed E-state index contributed by atoms with van der Waals surface area (Å²) in [5.74, 6) is -0.677. The van der Waals surface area contributed by atoms with Crippen molar-refractivity contribution in [2.24, 2.45) is 0 Å². The smallest absolute Gasteiger partial charge is 0.194 e. The molecule has 0 spiro atoms. The molecule has 0 amide bonds. The second-order valence-corrected chi connectivity index (χ2v) is 5.26. The predicted molar refractivity (Wildman–Crippen MR) is 73.7 cm³/mol. The minimum Gasteiger partial charge on any atom is -0.289 e. The van der Waals surface area contributed by atoms with Crippen LogP contribution < -0.4 is 0 Å². The maximum absolute atomic E-state index is 13.3. The van der Waals surface area contributed by atoms with Crippen molar-refractivity contribution in [2.45, 2.75) is 6.92 Å². The molecule has 0 atom stereocenters. The average Bonchev–Trinajstić information content (AvgIpc) is 2.30. The van der Waals surface area contributed by atoms with E-state index in [1.165, 1.54) is 12.1 Å². The molecule has 0 radical (unpaired) electrons. The summed E-state index contributed by atoms with van der Waals surface area (Å²) >= 11 is 9.16. The Bertz CT molecular complexity index is 605. The van der Waals surface area contributed by atoms with E-state index in [1.807, 2.05) is 0 Å². The molecular formula is C14H9BrClFO. The van der Waals surface area contributed by atoms with Gasteiger partial charge in [0.15, 0.2) is 5.78 Å². The topological polar surface area (TPSA) is 17.1 Å². The van der Waals surface area contributed by atoms with Crippen LogP contribution in [0.5, 0.6) is 0 Å². The van der Waals surface area contributed by atoms with Gasteiger partial charge in [-0.25, -0.2) is 4.39 Å². The Morgan fingerprint density at radius 2 is 1.94 bits per heavy atom. The van der Waals surface area contributed by atoms with Gasteiger partial charge in [-0.2, -0.15) is 0 Å². The monoisotopic (exact) mass is 326 g/mol. The number of ketones is 1. The largest absolute Gasteiger partial charge is 0.289 e. The first kappa shape index (κ1) is 13.2. The molecule has 1 nitrogen and oxygen atoms in total. The Morgan fingerprint density at radius 3 is 2.61 bits per heavy atom. The van der Waals surface area contributed by atoms with Crippen LogP contribution in [-0.2, 0) is 0 Å². The highest BCUT2D eigenvalue weighted by Gasteiger charge is 2.14. The Hall–Kier alpha value is -1.19. The third-order valence-electron chi connectivity index (χ3n) is 2.48. The summed E-state index contributed by atoms with van der Waals surface area (Å²) in [6.07, 6.45) is 0. The van der Waals surface area contributed by atoms with E-state index in [0.29, 0.717) is 26.2 Å². The summed E-state index contributed by atoms with van der Waals surface area (Å²) in [6.45, 7) is 1.74. The molecule has 0 bridgehead atoms. The molecule has 0 aliphatic heterocycles. The second kappa shape index (κ2) is 5.21. The van der Waals surface area contributed by atoms with E-state index in [-0.39, 0.29) is 5.78 Å². The van der Waals surface area contributed by atoms with Gasteiger partial charge in [0, 0.05) is 20.6 Å². The van der Waals surface area contributed by atoms with Crippen molar-refractivity contribution in [3.63, 3.8) is 0 Å². The average molecular weight is 328 g/mol. The van der Waals surface area contributed by atoms with Crippen molar-refractivity contribution in [3.8, 4) is 0 Å². The van der Waals surface area contributed by atoms with Crippen LogP contribution in [0.1, 0.15) is 21.5 Å². The van der Waals surface area contributed by atoms with Gasteiger partial charge in [0.05, 0.1) is 0 Å². The van der Waals surface area contributed by atoms with Gasteiger partial charge < -0.3 is 0 Å². The van der Waals surface area contributed by atoms with Gasteiger partial charge in [0.25, 0.3) is 0 Å². The first-order valence-corrected chi connectivity index (χ1v) is 6.41. The fourth-order valence-corrected chi connectivity index (χ4v) is 2.29. The predicted octanol–water partition coefficient (Wildman–Crippen LogP) is 4.78. The third-order valence-corrected chi connectivity index (χ3v) is 3.40. The fraction of sp³-hybridized carbons (Fsp3) is 0.0714. The lowest BCUT2D eigenvalue weighted by atomic mass is 10.0. The fourth-order valence-electron chi connectivity index (χ4n) is 1.69. The lowest BCUT2D eigenvalue weighted by Gasteiger charge is -2.06. The van der Waals surface area contributed by atoms with Crippen LogP contribution >= 0.6 is 27.5 Å². The molecule has 2 aromatic carbocycles. The first-order valence-electron chi connectivity index (χ1n) is 5.24. The molecule has 92 valence electrons. The normalized spacial score (nSPS) is 10.4. The molecule has 0 fully saturated rings. The lowest BCUT2D eigenvalue weighted by Crippen LogP contribution is -2.03. The maximum Gasteiger partial charge on any atom is 0.194 e. The zero-order valence-corrected chi connectivity index (χ0v) is 11.8. The molecule has 0 saturated carbocycles. The van der Waals surface area contributed by atoms with Crippen LogP contribution in [-0.4, -0.2) is 5.78 Å². The minimum absolute atomic E-state index is 0.257. The van der Waals surface area contributed by atoms with E-state index in [4.69, 9.17) is 11.6 Å². The summed E-state index contributed by atoms with van der Waals surface area (Å²) in [5.41, 5.74) is 1.44. The molecule has 0 unspecified atom stereocenters. The van der Waals surface area contributed by atoms with Gasteiger partial charge in [-0.05, 0) is 48.9 Å². The summed E-state index contributed by atoms with van der Waals surface area (Å²) in [5, 5.41) is 0.467. The zero-order chi connectivity index (χ0) is 13.3. The van der Waals surface area contributed by atoms with Crippen LogP contribution in [0.3, 0.4) is 0 Å². The highest BCUT2D eigenvalue weighted by molar-refractivity contribution is 9.10. The molecule has 2 aromatic rings. The van der Waals surface area contributed by atoms with Crippen molar-refractivity contribution in [1.82, 2.24) is 0 Å². The summed E-state index contributed by atoms with van der Waals surface area (Å²) in [7, 11) is 0. The Balaban J connectivity index is 2.51. The van der Waals surface area contributed by atoms with E-state index in [9.17, 15) is 9.18 Å². The molecule has 0 aromatic heterocycles. The summed E-state index contributed by atoms with van der Waals surface area (Å²) in [6, 6.07) is 9.19. The second-order valence-electron chi connectivity index (χ2n) is 3.97. The molecule has 4 heteroatoms. The lowest BCUT2D eigenvalue weighted by molar-refractivity contribution is 0.103. The molecule has 0 aliphatic rings. The van der Waals surface area contributed by atoms with Gasteiger partial charge >= 0.3 is 0 Å². The quantitative estimate of drug-likeness (QED) is 0.725. The number of aryl methyl sites for hydroxylation is 1. The van der Waals surface area contributed by atoms with Crippen molar-refractivity contribution in [1.29, 1.82) is 0 Å². The van der Waals surface area contributed by atoms with E-state index in [2.05, 4.69) is 15.9 Å². The van der Waals surface area contributed by atoms with Crippen molar-refractivity contribution in [3.05, 3.63) is 68.4 Å². The number of hydrogen-bond donors (Lipinski definition) is 0. The van der Waals surface area contributed by atoms with Gasteiger partial charge in [-0.1, -0.05) is 27.5 Å². The van der Waals surface area contributed by atoms with Crippen LogP contribution in [0.15, 0.2) is 40.9 Å². The standard InChI is InChI=1S/C14H9BrClFO/c1-8-4-9(6-11(17)5-8)14(18)12-7-10(16)2-3-13(12)15/h2-7H,1H3. The SMILES string of the molecule is Cc1cc(F)cc(C(=O)c2cc(Cl)ccc2Br)c1. The molecular weight excluding hydrogens is 319 g/mol. The van der Waals surface area contributed by atoms with Crippen LogP contribution in [0, 0.1) is 12.7 Å². The first-order chi connectivity index (χ1) is 8.47. The van der Waals surface area contributed by atoms with Crippen LogP contribution in [0.25, 0.3) is 0 Å². The molecule has 0 aliphatic carbocycles. The van der Waals surface area contributed by atoms with Gasteiger partial charge in [0.2, 0.25) is 0 Å². The van der Waals surface area contributed by atoms with Crippen molar-refractivity contribution < 1.29 is 9.18 Å². The number of benzene rings is 2. The maximum atomic E-state index is 13.3. The van der Waals surface area contributed by atoms with Gasteiger partial charge in [-0.15, -0.1) is 0 Å². The van der Waals surface area contributed by atoms with Crippen molar-refractivity contribution in [2.75, 3.05) is 0 Å². The molecule has 18 heavy (non-hydrogen) atoms. The number of halogens is 3. The van der Waals surface area contributed by atoms with Gasteiger partial charge in [-0.3, -0.25) is 4.79 Å². The Morgan fingerprint density at radius 1 is 1.22 bits per heavy atom. The molecule has 0 heterocycles. The molecule has 0 N–H and O–H groups in total. The zero-order valence-electron chi connectivity index (χ0n) is 9.51. The van der Waals surface area contributed by atoms with Crippen LogP contribution in [0.2, 0.25) is 5.02 Å². The van der Waals surface area contributed by atoms with E-state index in [0.717, 1.165) is 0 Å². The Kier molecular flexibility index (Phi) is 3.83. The van der Waals surface area contributed by atoms with Crippen LogP contribution in [0.4, 0.5) is 4.39 Å². The number of carbonyl (C=O) groups is 1. The minimum atomic E-state index is -0.420. The van der Waals surface area contributed by atoms with E-state index >= 15 is 0 Å². The van der Waals surface area contributed by atoms with E-state index in [1.54, 1.807) is 31.2 Å².